The molecular formula is C27H31ClF3N7O2. The van der Waals surface area contributed by atoms with Crippen molar-refractivity contribution < 1.29 is 23.4 Å². The second-order valence-electron chi connectivity index (χ2n) is 11.4. The number of aliphatic hydroxyl groups is 2. The second-order valence-corrected chi connectivity index (χ2v) is 11.8. The van der Waals surface area contributed by atoms with Gasteiger partial charge in [0.25, 0.3) is 0 Å². The van der Waals surface area contributed by atoms with Crippen LogP contribution in [0.15, 0.2) is 30.7 Å². The summed E-state index contributed by atoms with van der Waals surface area (Å²) < 4.78 is 41.4. The molecule has 2 aliphatic rings. The molecule has 4 aromatic rings. The smallest absolute Gasteiger partial charge is 0.390 e. The van der Waals surface area contributed by atoms with E-state index in [9.17, 15) is 23.4 Å². The maximum Gasteiger partial charge on any atom is 0.417 e. The number of hydrogen-bond donors (Lipinski definition) is 4. The van der Waals surface area contributed by atoms with E-state index in [4.69, 9.17) is 17.3 Å². The van der Waals surface area contributed by atoms with Crippen LogP contribution in [-0.2, 0) is 12.6 Å². The van der Waals surface area contributed by atoms with Gasteiger partial charge in [-0.1, -0.05) is 11.6 Å². The van der Waals surface area contributed by atoms with E-state index in [0.29, 0.717) is 54.0 Å². The highest BCUT2D eigenvalue weighted by molar-refractivity contribution is 6.32. The highest BCUT2D eigenvalue weighted by Crippen LogP contribution is 2.40. The number of anilines is 1. The molecule has 4 atom stereocenters. The fourth-order valence-electron chi connectivity index (χ4n) is 6.59. The Morgan fingerprint density at radius 3 is 2.65 bits per heavy atom. The normalized spacial score (nSPS) is 27.2. The molecule has 214 valence electrons. The molecule has 40 heavy (non-hydrogen) atoms. The van der Waals surface area contributed by atoms with Gasteiger partial charge in [0.05, 0.1) is 39.2 Å². The van der Waals surface area contributed by atoms with E-state index < -0.39 is 23.9 Å². The first kappa shape index (κ1) is 27.3. The Balaban J connectivity index is 1.02. The van der Waals surface area contributed by atoms with Gasteiger partial charge in [0.15, 0.2) is 0 Å². The third-order valence-electron chi connectivity index (χ3n) is 8.53. The summed E-state index contributed by atoms with van der Waals surface area (Å²) in [7, 11) is 2.03. The molecule has 2 saturated carbocycles. The number of benzene rings is 1. The Kier molecular flexibility index (Phi) is 6.92. The maximum atomic E-state index is 13.2. The zero-order valence-electron chi connectivity index (χ0n) is 21.8. The van der Waals surface area contributed by atoms with Gasteiger partial charge < -0.3 is 30.4 Å². The topological polar surface area (TPSA) is 129 Å². The molecule has 0 aliphatic heterocycles. The summed E-state index contributed by atoms with van der Waals surface area (Å²) >= 11 is 5.84. The summed E-state index contributed by atoms with van der Waals surface area (Å²) in [4.78, 5) is 18.0. The van der Waals surface area contributed by atoms with E-state index in [1.165, 1.54) is 12.4 Å². The lowest BCUT2D eigenvalue weighted by Gasteiger charge is -2.38. The van der Waals surface area contributed by atoms with E-state index >= 15 is 0 Å². The zero-order valence-corrected chi connectivity index (χ0v) is 22.6. The van der Waals surface area contributed by atoms with Crippen LogP contribution in [0.3, 0.4) is 0 Å². The van der Waals surface area contributed by atoms with Gasteiger partial charge in [-0.2, -0.15) is 13.2 Å². The molecule has 0 spiro atoms. The first-order chi connectivity index (χ1) is 19.0. The van der Waals surface area contributed by atoms with E-state index in [1.807, 2.05) is 23.9 Å². The molecule has 0 radical (unpaired) electrons. The van der Waals surface area contributed by atoms with Crippen molar-refractivity contribution in [2.24, 2.45) is 17.8 Å². The van der Waals surface area contributed by atoms with Crippen LogP contribution in [0.1, 0.15) is 36.7 Å². The van der Waals surface area contributed by atoms with Crippen LogP contribution < -0.4 is 5.73 Å². The van der Waals surface area contributed by atoms with E-state index in [-0.39, 0.29) is 22.5 Å². The minimum atomic E-state index is -4.52. The van der Waals surface area contributed by atoms with Crippen LogP contribution in [0, 0.1) is 17.8 Å². The number of aromatic nitrogens is 5. The van der Waals surface area contributed by atoms with Crippen molar-refractivity contribution in [3.8, 4) is 0 Å². The Bertz CT molecular complexity index is 1530. The number of aromatic amines is 1. The largest absolute Gasteiger partial charge is 0.417 e. The van der Waals surface area contributed by atoms with Crippen LogP contribution in [0.25, 0.3) is 22.1 Å². The van der Waals surface area contributed by atoms with Crippen LogP contribution >= 0.6 is 11.6 Å². The standard InChI is InChI=1S/C27H31ClF3N7O2/c1-37(11-15-7-21(24(40)23(15)39)38-3-2-16-25(32)33-12-34-26(16)38)10-14-4-13(5-14)6-22-35-19-8-17(27(29,30)31)18(28)9-20(19)36-22/h2-3,8-9,12-15,21,23-24,39-40H,4-7,10-11H2,1H3,(H,35,36)(H2,32,33,34)/t13?,14?,15-,21-,23-,24+/m1/s1. The SMILES string of the molecule is CN(CC1CC(Cc2nc3cc(C(F)(F)F)c(Cl)cc3[nH]2)C1)C[C@H]1C[C@@H](n2ccc3c(N)ncnc32)[C@H](O)[C@@H]1O. The van der Waals surface area contributed by atoms with Crippen LogP contribution in [0.4, 0.5) is 19.0 Å². The molecular weight excluding hydrogens is 547 g/mol. The van der Waals surface area contributed by atoms with Crippen molar-refractivity contribution in [1.29, 1.82) is 0 Å². The second kappa shape index (κ2) is 10.2. The number of nitrogens with zero attached hydrogens (tertiary/aromatic N) is 5. The molecule has 0 bridgehead atoms. The number of nitrogens with two attached hydrogens (primary N) is 1. The average molecular weight is 578 g/mol. The fourth-order valence-corrected chi connectivity index (χ4v) is 6.86. The van der Waals surface area contributed by atoms with Gasteiger partial charge in [-0.05, 0) is 56.3 Å². The fraction of sp³-hybridized carbons (Fsp3) is 0.519. The summed E-state index contributed by atoms with van der Waals surface area (Å²) in [5, 5.41) is 22.1. The lowest BCUT2D eigenvalue weighted by atomic mass is 9.73. The number of H-pyrrole nitrogens is 1. The van der Waals surface area contributed by atoms with E-state index in [0.717, 1.165) is 30.8 Å². The summed E-state index contributed by atoms with van der Waals surface area (Å²) in [5.74, 6) is 1.84. The number of aliphatic hydroxyl groups excluding tert-OH is 2. The van der Waals surface area contributed by atoms with Gasteiger partial charge in [-0.25, -0.2) is 15.0 Å². The van der Waals surface area contributed by atoms with Crippen molar-refractivity contribution >= 4 is 39.5 Å². The van der Waals surface area contributed by atoms with Gasteiger partial charge in [0.1, 0.15) is 29.7 Å². The summed E-state index contributed by atoms with van der Waals surface area (Å²) in [6.45, 7) is 1.51. The summed E-state index contributed by atoms with van der Waals surface area (Å²) in [6.07, 6.45) is 0.212. The van der Waals surface area contributed by atoms with Gasteiger partial charge in [0, 0.05) is 31.6 Å². The number of alkyl halides is 3. The van der Waals surface area contributed by atoms with Crippen molar-refractivity contribution in [2.75, 3.05) is 25.9 Å². The predicted molar refractivity (Wildman–Crippen MR) is 145 cm³/mol. The average Bonchev–Trinajstić information content (AvgIpc) is 3.54. The Labute approximate surface area is 233 Å². The van der Waals surface area contributed by atoms with E-state index in [1.54, 1.807) is 0 Å². The molecule has 0 unspecified atom stereocenters. The quantitative estimate of drug-likeness (QED) is 0.261. The first-order valence-corrected chi connectivity index (χ1v) is 13.7. The Hall–Kier alpha value is -2.93. The summed E-state index contributed by atoms with van der Waals surface area (Å²) in [6, 6.07) is 3.81. The number of hydrogen-bond acceptors (Lipinski definition) is 7. The van der Waals surface area contributed by atoms with Gasteiger partial charge in [0.2, 0.25) is 0 Å². The predicted octanol–water partition coefficient (Wildman–Crippen LogP) is 4.05. The molecule has 3 heterocycles. The van der Waals surface area contributed by atoms with Crippen molar-refractivity contribution in [3.63, 3.8) is 0 Å². The lowest BCUT2D eigenvalue weighted by Crippen LogP contribution is -2.39. The highest BCUT2D eigenvalue weighted by Gasteiger charge is 2.43. The molecule has 13 heteroatoms. The number of nitrogens with one attached hydrogen (secondary N) is 1. The number of imidazole rings is 1. The number of nitrogen functional groups attached to an aromatic ring is 1. The molecule has 9 nitrogen and oxygen atoms in total. The molecule has 6 rings (SSSR count). The molecule has 3 aromatic heterocycles. The number of halogens is 4. The van der Waals surface area contributed by atoms with Crippen LogP contribution in [0.5, 0.6) is 0 Å². The van der Waals surface area contributed by atoms with Crippen molar-refractivity contribution in [3.05, 3.63) is 47.1 Å². The van der Waals surface area contributed by atoms with Gasteiger partial charge in [-0.3, -0.25) is 0 Å². The zero-order chi connectivity index (χ0) is 28.3. The molecule has 1 aromatic carbocycles. The molecule has 2 aliphatic carbocycles. The lowest BCUT2D eigenvalue weighted by molar-refractivity contribution is -0.137. The third-order valence-corrected chi connectivity index (χ3v) is 8.84. The minimum Gasteiger partial charge on any atom is -0.390 e. The van der Waals surface area contributed by atoms with E-state index in [2.05, 4.69) is 24.8 Å². The number of fused-ring (bicyclic) bond motifs is 2. The summed E-state index contributed by atoms with van der Waals surface area (Å²) in [5.41, 5.74) is 6.49. The molecule has 0 saturated heterocycles. The molecule has 5 N–H and O–H groups in total. The minimum absolute atomic E-state index is 0.0959. The van der Waals surface area contributed by atoms with Crippen LogP contribution in [-0.4, -0.2) is 72.0 Å². The van der Waals surface area contributed by atoms with Gasteiger partial charge in [-0.15, -0.1) is 0 Å². The van der Waals surface area contributed by atoms with Crippen LogP contribution in [0.2, 0.25) is 5.02 Å². The van der Waals surface area contributed by atoms with Crippen molar-refractivity contribution in [1.82, 2.24) is 29.4 Å². The Morgan fingerprint density at radius 1 is 1.12 bits per heavy atom. The molecule has 0 amide bonds. The maximum absolute atomic E-state index is 13.2. The number of rotatable bonds is 7. The first-order valence-electron chi connectivity index (χ1n) is 13.3. The van der Waals surface area contributed by atoms with Crippen molar-refractivity contribution in [2.45, 2.75) is 50.1 Å². The Morgan fingerprint density at radius 2 is 1.90 bits per heavy atom. The molecule has 2 fully saturated rings. The third kappa shape index (κ3) is 5.02. The monoisotopic (exact) mass is 577 g/mol. The highest BCUT2D eigenvalue weighted by atomic mass is 35.5. The van der Waals surface area contributed by atoms with Gasteiger partial charge >= 0.3 is 6.18 Å².